The highest BCUT2D eigenvalue weighted by atomic mass is 32.1. The van der Waals surface area contributed by atoms with E-state index in [0.717, 1.165) is 20.5 Å². The van der Waals surface area contributed by atoms with Crippen LogP contribution in [0.4, 0.5) is 5.69 Å². The number of carbonyl (C=O) groups is 1. The van der Waals surface area contributed by atoms with Gasteiger partial charge < -0.3 is 15.2 Å². The van der Waals surface area contributed by atoms with E-state index >= 15 is 0 Å². The van der Waals surface area contributed by atoms with Gasteiger partial charge in [-0.15, -0.1) is 11.3 Å². The Kier molecular flexibility index (Phi) is 2.84. The molecule has 1 amide bonds. The summed E-state index contributed by atoms with van der Waals surface area (Å²) < 4.78 is 6.59. The number of carbonyl (C=O) groups excluding carboxylic acids is 1. The maximum Gasteiger partial charge on any atom is 0.265 e. The van der Waals surface area contributed by atoms with Crippen LogP contribution < -0.4 is 10.1 Å². The number of nitrogens with one attached hydrogen (secondary N) is 1. The monoisotopic (exact) mass is 311 g/mol. The standard InChI is InChI=1S/C17H13NO3S/c1-9-17(20)18-12-7-10(5-6-14(12)21-9)16-8-11-13(19)3-2-4-15(11)22-16/h2-9,19H,1H3,(H,18,20). The van der Waals surface area contributed by atoms with Gasteiger partial charge in [-0.25, -0.2) is 0 Å². The lowest BCUT2D eigenvalue weighted by atomic mass is 10.1. The summed E-state index contributed by atoms with van der Waals surface area (Å²) in [7, 11) is 0. The summed E-state index contributed by atoms with van der Waals surface area (Å²) in [5.74, 6) is 0.821. The van der Waals surface area contributed by atoms with Crippen molar-refractivity contribution in [3.05, 3.63) is 42.5 Å². The smallest absolute Gasteiger partial charge is 0.265 e. The molecule has 2 heterocycles. The Bertz CT molecular complexity index is 900. The van der Waals surface area contributed by atoms with E-state index in [0.29, 0.717) is 11.4 Å². The van der Waals surface area contributed by atoms with Crippen molar-refractivity contribution < 1.29 is 14.6 Å². The molecule has 4 nitrogen and oxygen atoms in total. The van der Waals surface area contributed by atoms with Crippen LogP contribution in [-0.2, 0) is 4.79 Å². The van der Waals surface area contributed by atoms with Crippen molar-refractivity contribution in [2.24, 2.45) is 0 Å². The Morgan fingerprint density at radius 1 is 1.23 bits per heavy atom. The van der Waals surface area contributed by atoms with Crippen molar-refractivity contribution in [3.63, 3.8) is 0 Å². The number of thiophene rings is 1. The zero-order chi connectivity index (χ0) is 15.3. The number of amides is 1. The van der Waals surface area contributed by atoms with Gasteiger partial charge >= 0.3 is 0 Å². The number of anilines is 1. The molecule has 22 heavy (non-hydrogen) atoms. The first-order valence-corrected chi connectivity index (χ1v) is 7.77. The molecule has 0 aliphatic carbocycles. The van der Waals surface area contributed by atoms with Crippen molar-refractivity contribution in [3.8, 4) is 21.9 Å². The summed E-state index contributed by atoms with van der Waals surface area (Å²) in [6.07, 6.45) is -0.473. The van der Waals surface area contributed by atoms with Crippen LogP contribution in [0.5, 0.6) is 11.5 Å². The lowest BCUT2D eigenvalue weighted by molar-refractivity contribution is -0.122. The van der Waals surface area contributed by atoms with Crippen molar-refractivity contribution in [2.75, 3.05) is 5.32 Å². The third-order valence-corrected chi connectivity index (χ3v) is 4.88. The Morgan fingerprint density at radius 2 is 2.09 bits per heavy atom. The van der Waals surface area contributed by atoms with Gasteiger partial charge in [-0.3, -0.25) is 4.79 Å². The van der Waals surface area contributed by atoms with Crippen LogP contribution in [0.3, 0.4) is 0 Å². The van der Waals surface area contributed by atoms with E-state index < -0.39 is 6.10 Å². The predicted molar refractivity (Wildman–Crippen MR) is 87.6 cm³/mol. The van der Waals surface area contributed by atoms with E-state index in [2.05, 4.69) is 5.32 Å². The van der Waals surface area contributed by atoms with Crippen LogP contribution in [0.25, 0.3) is 20.5 Å². The summed E-state index contributed by atoms with van der Waals surface area (Å²) in [6, 6.07) is 13.2. The van der Waals surface area contributed by atoms with Crippen LogP contribution in [0, 0.1) is 0 Å². The van der Waals surface area contributed by atoms with Crippen molar-refractivity contribution >= 4 is 33.0 Å². The molecule has 0 spiro atoms. The average molecular weight is 311 g/mol. The third-order valence-electron chi connectivity index (χ3n) is 3.73. The van der Waals surface area contributed by atoms with Crippen molar-refractivity contribution in [1.82, 2.24) is 0 Å². The lowest BCUT2D eigenvalue weighted by Gasteiger charge is -2.23. The van der Waals surface area contributed by atoms with Gasteiger partial charge in [0.25, 0.3) is 5.91 Å². The molecule has 4 rings (SSSR count). The summed E-state index contributed by atoms with van der Waals surface area (Å²) >= 11 is 1.60. The first-order chi connectivity index (χ1) is 10.6. The molecule has 1 aromatic heterocycles. The second kappa shape index (κ2) is 4.74. The van der Waals surface area contributed by atoms with Crippen LogP contribution in [0.1, 0.15) is 6.92 Å². The molecule has 2 aromatic carbocycles. The Balaban J connectivity index is 1.81. The number of ether oxygens (including phenoxy) is 1. The van der Waals surface area contributed by atoms with E-state index in [-0.39, 0.29) is 11.7 Å². The molecule has 0 saturated heterocycles. The van der Waals surface area contributed by atoms with Crippen LogP contribution >= 0.6 is 11.3 Å². The second-order valence-electron chi connectivity index (χ2n) is 5.26. The topological polar surface area (TPSA) is 58.6 Å². The molecule has 2 N–H and O–H groups in total. The lowest BCUT2D eigenvalue weighted by Crippen LogP contribution is -2.34. The summed E-state index contributed by atoms with van der Waals surface area (Å²) in [5.41, 5.74) is 1.67. The van der Waals surface area contributed by atoms with Crippen LogP contribution in [0.15, 0.2) is 42.5 Å². The first kappa shape index (κ1) is 13.2. The number of aromatic hydroxyl groups is 1. The highest BCUT2D eigenvalue weighted by Gasteiger charge is 2.23. The molecule has 110 valence electrons. The highest BCUT2D eigenvalue weighted by Crippen LogP contribution is 2.40. The van der Waals surface area contributed by atoms with E-state index in [1.54, 1.807) is 24.3 Å². The number of hydrogen-bond acceptors (Lipinski definition) is 4. The normalized spacial score (nSPS) is 17.0. The molecule has 0 radical (unpaired) electrons. The van der Waals surface area contributed by atoms with Gasteiger partial charge in [0.05, 0.1) is 5.69 Å². The molecular formula is C17H13NO3S. The number of fused-ring (bicyclic) bond motifs is 2. The number of phenolic OH excluding ortho intramolecular Hbond substituents is 1. The number of rotatable bonds is 1. The fraction of sp³-hybridized carbons (Fsp3) is 0.118. The van der Waals surface area contributed by atoms with E-state index in [4.69, 9.17) is 4.74 Å². The molecule has 3 aromatic rings. The number of benzene rings is 2. The minimum atomic E-state index is -0.473. The maximum atomic E-state index is 11.7. The zero-order valence-electron chi connectivity index (χ0n) is 11.8. The summed E-state index contributed by atoms with van der Waals surface area (Å²) in [6.45, 7) is 1.72. The van der Waals surface area contributed by atoms with Gasteiger partial charge in [0.2, 0.25) is 0 Å². The Morgan fingerprint density at radius 3 is 2.91 bits per heavy atom. The Labute approximate surface area is 131 Å². The molecule has 5 heteroatoms. The van der Waals surface area contributed by atoms with E-state index in [1.807, 2.05) is 36.4 Å². The molecule has 1 unspecified atom stereocenters. The maximum absolute atomic E-state index is 11.7. The third kappa shape index (κ3) is 2.02. The number of phenols is 1. The average Bonchev–Trinajstić information content (AvgIpc) is 2.94. The quantitative estimate of drug-likeness (QED) is 0.714. The minimum absolute atomic E-state index is 0.140. The van der Waals surface area contributed by atoms with Gasteiger partial charge in [-0.05, 0) is 48.9 Å². The second-order valence-corrected chi connectivity index (χ2v) is 6.34. The summed E-state index contributed by atoms with van der Waals surface area (Å²) in [4.78, 5) is 12.8. The van der Waals surface area contributed by atoms with Crippen molar-refractivity contribution in [2.45, 2.75) is 13.0 Å². The van der Waals surface area contributed by atoms with E-state index in [9.17, 15) is 9.90 Å². The number of hydrogen-bond donors (Lipinski definition) is 2. The highest BCUT2D eigenvalue weighted by molar-refractivity contribution is 7.22. The summed E-state index contributed by atoms with van der Waals surface area (Å²) in [5, 5.41) is 13.6. The molecule has 0 saturated carbocycles. The fourth-order valence-corrected chi connectivity index (χ4v) is 3.63. The van der Waals surface area contributed by atoms with Gasteiger partial charge in [-0.2, -0.15) is 0 Å². The zero-order valence-corrected chi connectivity index (χ0v) is 12.6. The van der Waals surface area contributed by atoms with Crippen molar-refractivity contribution in [1.29, 1.82) is 0 Å². The molecule has 0 bridgehead atoms. The van der Waals surface area contributed by atoms with Gasteiger partial charge in [0.1, 0.15) is 11.5 Å². The predicted octanol–water partition coefficient (Wildman–Crippen LogP) is 3.99. The van der Waals surface area contributed by atoms with Gasteiger partial charge in [-0.1, -0.05) is 6.07 Å². The molecule has 1 aliphatic heterocycles. The molecule has 0 fully saturated rings. The first-order valence-electron chi connectivity index (χ1n) is 6.95. The minimum Gasteiger partial charge on any atom is -0.507 e. The SMILES string of the molecule is CC1Oc2ccc(-c3cc4c(O)cccc4s3)cc2NC1=O. The van der Waals surface area contributed by atoms with E-state index in [1.165, 1.54) is 0 Å². The van der Waals surface area contributed by atoms with Gasteiger partial charge in [0.15, 0.2) is 6.10 Å². The molecule has 1 atom stereocenters. The molecule has 1 aliphatic rings. The van der Waals surface area contributed by atoms with Crippen LogP contribution in [-0.4, -0.2) is 17.1 Å². The Hall–Kier alpha value is -2.53. The molecular weight excluding hydrogens is 298 g/mol. The van der Waals surface area contributed by atoms with Crippen LogP contribution in [0.2, 0.25) is 0 Å². The van der Waals surface area contributed by atoms with Gasteiger partial charge in [0, 0.05) is 15.0 Å². The fourth-order valence-electron chi connectivity index (χ4n) is 2.55. The largest absolute Gasteiger partial charge is 0.507 e.